The van der Waals surface area contributed by atoms with E-state index < -0.39 is 0 Å². The maximum atomic E-state index is 9.04. The minimum Gasteiger partial charge on any atom is -0.397 e. The number of nitrogens with zero attached hydrogens (tertiary/aromatic N) is 5. The average molecular weight is 500 g/mol. The number of nitrogen functional groups attached to an aromatic ring is 1. The van der Waals surface area contributed by atoms with E-state index in [2.05, 4.69) is 19.9 Å². The summed E-state index contributed by atoms with van der Waals surface area (Å²) >= 11 is 19.1. The average Bonchev–Trinajstić information content (AvgIpc) is 3.16. The van der Waals surface area contributed by atoms with Gasteiger partial charge in [0.15, 0.2) is 10.3 Å². The molecular weight excluding hydrogens is 479 g/mol. The first kappa shape index (κ1) is 27.7. The third kappa shape index (κ3) is 11.5. The Labute approximate surface area is 192 Å². The minimum atomic E-state index is 0.111. The van der Waals surface area contributed by atoms with Gasteiger partial charge in [-0.3, -0.25) is 4.40 Å². The number of aromatic nitrogens is 5. The van der Waals surface area contributed by atoms with Gasteiger partial charge in [0.05, 0.1) is 5.88 Å². The van der Waals surface area contributed by atoms with Crippen molar-refractivity contribution in [1.82, 2.24) is 24.3 Å². The molecule has 0 unspecified atom stereocenters. The predicted octanol–water partition coefficient (Wildman–Crippen LogP) is 3.96. The van der Waals surface area contributed by atoms with Gasteiger partial charge in [-0.05, 0) is 19.4 Å². The Balaban J connectivity index is 0.000000417. The zero-order valence-electron chi connectivity index (χ0n) is 15.9. The van der Waals surface area contributed by atoms with Gasteiger partial charge in [0.2, 0.25) is 0 Å². The standard InChI is InChI=1S/C7H6ClN3S.C5H6ClN3S.C2H3ClO.C2H6O/c1-12-7-10-5(8)4-6-9-2-3-11(6)7;1-10-5-8-3(6)2-4(7)9-5;3-1-2-4;1-2-3/h2-4H,1H3;2H,1H3,(H2,7,8,9);2H,1H2;3H,2H2,1H3. The third-order valence-electron chi connectivity index (χ3n) is 2.45. The smallest absolute Gasteiger partial charge is 0.190 e. The molecule has 0 fully saturated rings. The summed E-state index contributed by atoms with van der Waals surface area (Å²) in [4.78, 5) is 25.1. The van der Waals surface area contributed by atoms with Crippen LogP contribution in [0, 0.1) is 0 Å². The normalized spacial score (nSPS) is 9.34. The lowest BCUT2D eigenvalue weighted by Crippen LogP contribution is -1.93. The molecule has 3 aromatic rings. The highest BCUT2D eigenvalue weighted by Crippen LogP contribution is 2.17. The van der Waals surface area contributed by atoms with Crippen LogP contribution >= 0.6 is 58.3 Å². The first-order valence-corrected chi connectivity index (χ1v) is 11.6. The van der Waals surface area contributed by atoms with Crippen LogP contribution in [0.25, 0.3) is 5.65 Å². The molecule has 29 heavy (non-hydrogen) atoms. The minimum absolute atomic E-state index is 0.111. The first-order chi connectivity index (χ1) is 13.9. The van der Waals surface area contributed by atoms with E-state index in [9.17, 15) is 0 Å². The Morgan fingerprint density at radius 3 is 2.24 bits per heavy atom. The van der Waals surface area contributed by atoms with Crippen LogP contribution in [0.4, 0.5) is 5.82 Å². The second kappa shape index (κ2) is 16.5. The summed E-state index contributed by atoms with van der Waals surface area (Å²) in [6, 6.07) is 3.25. The van der Waals surface area contributed by atoms with Crippen molar-refractivity contribution < 1.29 is 9.90 Å². The third-order valence-corrected chi connectivity index (χ3v) is 4.16. The van der Waals surface area contributed by atoms with Crippen molar-refractivity contribution >= 4 is 76.1 Å². The van der Waals surface area contributed by atoms with Gasteiger partial charge in [-0.2, -0.15) is 0 Å². The van der Waals surface area contributed by atoms with Crippen molar-refractivity contribution in [2.24, 2.45) is 0 Å². The molecule has 0 aromatic carbocycles. The van der Waals surface area contributed by atoms with Crippen LogP contribution in [0.5, 0.6) is 0 Å². The number of nitrogens with two attached hydrogens (primary N) is 1. The van der Waals surface area contributed by atoms with E-state index >= 15 is 0 Å². The van der Waals surface area contributed by atoms with Gasteiger partial charge in [0, 0.05) is 31.1 Å². The Morgan fingerprint density at radius 2 is 1.76 bits per heavy atom. The highest BCUT2D eigenvalue weighted by Gasteiger charge is 2.02. The fraction of sp³-hybridized carbons (Fsp3) is 0.312. The topological polar surface area (TPSA) is 119 Å². The van der Waals surface area contributed by atoms with Crippen LogP contribution in [0.1, 0.15) is 6.92 Å². The number of alkyl halides is 1. The predicted molar refractivity (Wildman–Crippen MR) is 123 cm³/mol. The summed E-state index contributed by atoms with van der Waals surface area (Å²) in [7, 11) is 0. The zero-order valence-corrected chi connectivity index (χ0v) is 19.8. The van der Waals surface area contributed by atoms with Crippen molar-refractivity contribution in [3.8, 4) is 0 Å². The molecule has 0 radical (unpaired) electrons. The van der Waals surface area contributed by atoms with Crippen molar-refractivity contribution in [3.63, 3.8) is 0 Å². The zero-order chi connectivity index (χ0) is 22.2. The lowest BCUT2D eigenvalue weighted by Gasteiger charge is -2.00. The molecule has 0 bridgehead atoms. The molecule has 0 aliphatic carbocycles. The van der Waals surface area contributed by atoms with Gasteiger partial charge < -0.3 is 15.6 Å². The molecular formula is C16H21Cl3N6O2S2. The lowest BCUT2D eigenvalue weighted by molar-refractivity contribution is -0.105. The van der Waals surface area contributed by atoms with Gasteiger partial charge in [-0.15, -0.1) is 11.6 Å². The molecule has 0 saturated heterocycles. The number of aliphatic hydroxyl groups excluding tert-OH is 1. The molecule has 3 N–H and O–H groups in total. The van der Waals surface area contributed by atoms with Gasteiger partial charge in [-0.25, -0.2) is 19.9 Å². The molecule has 0 amide bonds. The van der Waals surface area contributed by atoms with Crippen LogP contribution in [-0.2, 0) is 4.79 Å². The van der Waals surface area contributed by atoms with Crippen LogP contribution in [0.3, 0.4) is 0 Å². The van der Waals surface area contributed by atoms with Crippen LogP contribution in [0.15, 0.2) is 34.8 Å². The van der Waals surface area contributed by atoms with E-state index in [4.69, 9.17) is 50.4 Å². The van der Waals surface area contributed by atoms with Gasteiger partial charge in [0.25, 0.3) is 0 Å². The van der Waals surface area contributed by atoms with Crippen LogP contribution in [0.2, 0.25) is 10.3 Å². The summed E-state index contributed by atoms with van der Waals surface area (Å²) in [5, 5.41) is 9.90. The Bertz CT molecular complexity index is 850. The highest BCUT2D eigenvalue weighted by molar-refractivity contribution is 7.98. The quantitative estimate of drug-likeness (QED) is 0.181. The number of imidazole rings is 1. The van der Waals surface area contributed by atoms with Crippen molar-refractivity contribution in [2.45, 2.75) is 17.2 Å². The second-order valence-corrected chi connectivity index (χ2v) is 7.09. The van der Waals surface area contributed by atoms with E-state index in [1.54, 1.807) is 30.9 Å². The maximum absolute atomic E-state index is 9.04. The molecule has 0 saturated carbocycles. The molecule has 13 heteroatoms. The highest BCUT2D eigenvalue weighted by atomic mass is 35.5. The van der Waals surface area contributed by atoms with Crippen LogP contribution < -0.4 is 5.73 Å². The number of hydrogen-bond acceptors (Lipinski definition) is 9. The summed E-state index contributed by atoms with van der Waals surface area (Å²) < 4.78 is 1.90. The molecule has 0 aliphatic heterocycles. The Kier molecular flexibility index (Phi) is 15.8. The molecule has 8 nitrogen and oxygen atoms in total. The summed E-state index contributed by atoms with van der Waals surface area (Å²) in [5.41, 5.74) is 6.22. The van der Waals surface area contributed by atoms with Crippen molar-refractivity contribution in [1.29, 1.82) is 0 Å². The number of carbonyl (C=O) groups is 1. The largest absolute Gasteiger partial charge is 0.397 e. The molecule has 3 rings (SSSR count). The van der Waals surface area contributed by atoms with E-state index in [1.807, 2.05) is 23.1 Å². The SMILES string of the molecule is CCO.CSc1nc(Cl)cc2nccn12.CSc1nc(N)cc(Cl)n1.O=CCCl. The Hall–Kier alpha value is -1.30. The van der Waals surface area contributed by atoms with Gasteiger partial charge >= 0.3 is 0 Å². The number of halogens is 3. The molecule has 3 aromatic heterocycles. The number of hydrogen-bond donors (Lipinski definition) is 2. The number of carbonyl (C=O) groups excluding carboxylic acids is 1. The molecule has 3 heterocycles. The fourth-order valence-corrected chi connectivity index (χ4v) is 2.91. The molecule has 0 spiro atoms. The molecule has 0 aliphatic rings. The Morgan fingerprint density at radius 1 is 1.17 bits per heavy atom. The summed E-state index contributed by atoms with van der Waals surface area (Å²) in [5.74, 6) is 0.518. The van der Waals surface area contributed by atoms with Crippen molar-refractivity contribution in [3.05, 3.63) is 34.8 Å². The molecule has 0 atom stereocenters. The van der Waals surface area contributed by atoms with E-state index in [0.717, 1.165) is 10.8 Å². The number of aliphatic hydroxyl groups is 1. The monoisotopic (exact) mass is 498 g/mol. The maximum Gasteiger partial charge on any atom is 0.190 e. The first-order valence-electron chi connectivity index (χ1n) is 7.84. The van der Waals surface area contributed by atoms with Crippen molar-refractivity contribution in [2.75, 3.05) is 30.7 Å². The number of thioether (sulfide) groups is 2. The second-order valence-electron chi connectivity index (χ2n) is 4.46. The number of fused-ring (bicyclic) bond motifs is 1. The fourth-order valence-electron chi connectivity index (χ4n) is 1.52. The lowest BCUT2D eigenvalue weighted by atomic mass is 10.6. The van der Waals surface area contributed by atoms with Gasteiger partial charge in [0.1, 0.15) is 28.1 Å². The van der Waals surface area contributed by atoms with E-state index in [1.165, 1.54) is 17.8 Å². The van der Waals surface area contributed by atoms with Gasteiger partial charge in [-0.1, -0.05) is 46.7 Å². The summed E-state index contributed by atoms with van der Waals surface area (Å²) in [6.45, 7) is 1.93. The summed E-state index contributed by atoms with van der Waals surface area (Å²) in [6.07, 6.45) is 8.06. The number of aldehydes is 1. The number of rotatable bonds is 3. The number of anilines is 1. The van der Waals surface area contributed by atoms with E-state index in [0.29, 0.717) is 27.6 Å². The van der Waals surface area contributed by atoms with Crippen LogP contribution in [-0.4, -0.2) is 60.7 Å². The van der Waals surface area contributed by atoms with E-state index in [-0.39, 0.29) is 12.5 Å². The molecule has 160 valence electrons.